The molecule has 1 aromatic carbocycles. The number of rotatable bonds is 3. The van der Waals surface area contributed by atoms with Gasteiger partial charge in [-0.05, 0) is 38.1 Å². The van der Waals surface area contributed by atoms with Gasteiger partial charge in [0.15, 0.2) is 0 Å². The van der Waals surface area contributed by atoms with E-state index in [2.05, 4.69) is 26.0 Å². The van der Waals surface area contributed by atoms with Crippen molar-refractivity contribution in [1.82, 2.24) is 10.0 Å². The van der Waals surface area contributed by atoms with E-state index in [1.54, 1.807) is 12.1 Å². The lowest BCUT2D eigenvalue weighted by atomic mass is 10.0. The second kappa shape index (κ2) is 5.09. The molecular weight excluding hydrogens is 340 g/mol. The molecule has 0 saturated carbocycles. The number of halogens is 2. The van der Waals surface area contributed by atoms with Crippen LogP contribution in [0.15, 0.2) is 27.6 Å². The largest absolute Gasteiger partial charge is 0.315 e. The van der Waals surface area contributed by atoms with Crippen molar-refractivity contribution in [3.63, 3.8) is 0 Å². The van der Waals surface area contributed by atoms with Crippen molar-refractivity contribution in [2.45, 2.75) is 23.8 Å². The fraction of sp³-hybridized carbons (Fsp3) is 0.455. The van der Waals surface area contributed by atoms with Gasteiger partial charge in [-0.2, -0.15) is 0 Å². The van der Waals surface area contributed by atoms with Crippen LogP contribution in [0, 0.1) is 0 Å². The van der Waals surface area contributed by atoms with Gasteiger partial charge in [0.05, 0.1) is 5.02 Å². The van der Waals surface area contributed by atoms with Crippen molar-refractivity contribution in [3.8, 4) is 0 Å². The molecular formula is C11H14BrClN2O2S. The zero-order chi connectivity index (χ0) is 13.4. The van der Waals surface area contributed by atoms with Gasteiger partial charge in [-0.1, -0.05) is 27.5 Å². The molecule has 1 heterocycles. The van der Waals surface area contributed by atoms with Crippen LogP contribution in [0.2, 0.25) is 5.02 Å². The molecule has 2 N–H and O–H groups in total. The number of hydrogen-bond acceptors (Lipinski definition) is 3. The summed E-state index contributed by atoms with van der Waals surface area (Å²) in [5, 5.41) is 3.36. The Morgan fingerprint density at radius 3 is 2.78 bits per heavy atom. The minimum atomic E-state index is -3.59. The molecule has 0 radical (unpaired) electrons. The van der Waals surface area contributed by atoms with Gasteiger partial charge < -0.3 is 5.32 Å². The summed E-state index contributed by atoms with van der Waals surface area (Å²) in [6, 6.07) is 4.74. The number of nitrogens with one attached hydrogen (secondary N) is 2. The van der Waals surface area contributed by atoms with Crippen molar-refractivity contribution in [1.29, 1.82) is 0 Å². The Hall–Kier alpha value is -0.140. The summed E-state index contributed by atoms with van der Waals surface area (Å²) in [5.74, 6) is 0. The maximum atomic E-state index is 12.3. The van der Waals surface area contributed by atoms with Gasteiger partial charge in [-0.25, -0.2) is 13.1 Å². The molecule has 1 aliphatic rings. The Morgan fingerprint density at radius 1 is 1.50 bits per heavy atom. The van der Waals surface area contributed by atoms with Crippen LogP contribution in [0.25, 0.3) is 0 Å². The lowest BCUT2D eigenvalue weighted by Crippen LogP contribution is -2.47. The highest BCUT2D eigenvalue weighted by Gasteiger charge is 2.34. The number of sulfonamides is 1. The molecule has 4 nitrogen and oxygen atoms in total. The molecule has 1 atom stereocenters. The van der Waals surface area contributed by atoms with E-state index < -0.39 is 15.6 Å². The van der Waals surface area contributed by atoms with Crippen LogP contribution < -0.4 is 10.0 Å². The van der Waals surface area contributed by atoms with E-state index in [1.807, 2.05) is 6.92 Å². The third-order valence-electron chi connectivity index (χ3n) is 2.93. The topological polar surface area (TPSA) is 58.2 Å². The maximum absolute atomic E-state index is 12.3. The van der Waals surface area contributed by atoms with Crippen molar-refractivity contribution >= 4 is 37.6 Å². The fourth-order valence-electron chi connectivity index (χ4n) is 1.98. The van der Waals surface area contributed by atoms with Crippen molar-refractivity contribution in [2.75, 3.05) is 13.1 Å². The number of benzene rings is 1. The zero-order valence-corrected chi connectivity index (χ0v) is 13.0. The van der Waals surface area contributed by atoms with Gasteiger partial charge in [0.2, 0.25) is 10.0 Å². The highest BCUT2D eigenvalue weighted by Crippen LogP contribution is 2.27. The van der Waals surface area contributed by atoms with Gasteiger partial charge in [0.25, 0.3) is 0 Å². The maximum Gasteiger partial charge on any atom is 0.242 e. The summed E-state index contributed by atoms with van der Waals surface area (Å²) >= 11 is 9.23. The molecule has 1 fully saturated rings. The minimum absolute atomic E-state index is 0.112. The molecule has 0 spiro atoms. The summed E-state index contributed by atoms with van der Waals surface area (Å²) in [7, 11) is -3.59. The van der Waals surface area contributed by atoms with E-state index in [9.17, 15) is 8.42 Å². The normalized spacial score (nSPS) is 24.4. The quantitative estimate of drug-likeness (QED) is 0.875. The van der Waals surface area contributed by atoms with Crippen molar-refractivity contribution < 1.29 is 8.42 Å². The van der Waals surface area contributed by atoms with E-state index in [-0.39, 0.29) is 9.92 Å². The van der Waals surface area contributed by atoms with Gasteiger partial charge in [0, 0.05) is 16.6 Å². The second-order valence-electron chi connectivity index (χ2n) is 4.67. The molecule has 0 bridgehead atoms. The smallest absolute Gasteiger partial charge is 0.242 e. The lowest BCUT2D eigenvalue weighted by molar-refractivity contribution is 0.452. The van der Waals surface area contributed by atoms with Crippen LogP contribution in [0.1, 0.15) is 13.3 Å². The first-order chi connectivity index (χ1) is 8.32. The fourth-order valence-corrected chi connectivity index (χ4v) is 4.45. The van der Waals surface area contributed by atoms with Crippen molar-refractivity contribution in [2.24, 2.45) is 0 Å². The molecule has 7 heteroatoms. The van der Waals surface area contributed by atoms with Crippen LogP contribution in [0.5, 0.6) is 0 Å². The van der Waals surface area contributed by atoms with Crippen LogP contribution >= 0.6 is 27.5 Å². The van der Waals surface area contributed by atoms with Crippen LogP contribution in [-0.4, -0.2) is 27.0 Å². The Kier molecular flexibility index (Phi) is 4.04. The van der Waals surface area contributed by atoms with E-state index in [0.717, 1.165) is 17.4 Å². The van der Waals surface area contributed by atoms with Crippen LogP contribution in [0.3, 0.4) is 0 Å². The molecule has 0 amide bonds. The first-order valence-corrected chi connectivity index (χ1v) is 8.18. The van der Waals surface area contributed by atoms with E-state index in [1.165, 1.54) is 6.07 Å². The first kappa shape index (κ1) is 14.3. The molecule has 100 valence electrons. The predicted octanol–water partition coefficient (Wildman–Crippen LogP) is 2.13. The standard InChI is InChI=1S/C11H14BrClN2O2S/c1-11(4-5-14-7-11)15-18(16,17)10-3-2-8(12)6-9(10)13/h2-3,6,14-15H,4-5,7H2,1H3. The zero-order valence-electron chi connectivity index (χ0n) is 9.83. The first-order valence-electron chi connectivity index (χ1n) is 5.52. The molecule has 2 rings (SSSR count). The molecule has 1 aliphatic heterocycles. The van der Waals surface area contributed by atoms with Gasteiger partial charge in [0.1, 0.15) is 4.90 Å². The molecule has 18 heavy (non-hydrogen) atoms. The highest BCUT2D eigenvalue weighted by molar-refractivity contribution is 9.10. The monoisotopic (exact) mass is 352 g/mol. The Labute approximate surface area is 120 Å². The molecule has 0 aliphatic carbocycles. The Morgan fingerprint density at radius 2 is 2.22 bits per heavy atom. The molecule has 1 unspecified atom stereocenters. The second-order valence-corrected chi connectivity index (χ2v) is 7.64. The van der Waals surface area contributed by atoms with Crippen molar-refractivity contribution in [3.05, 3.63) is 27.7 Å². The summed E-state index contributed by atoms with van der Waals surface area (Å²) < 4.78 is 28.0. The summed E-state index contributed by atoms with van der Waals surface area (Å²) in [6.07, 6.45) is 0.764. The van der Waals surface area contributed by atoms with Gasteiger partial charge in [-0.15, -0.1) is 0 Å². The minimum Gasteiger partial charge on any atom is -0.315 e. The van der Waals surface area contributed by atoms with Crippen LogP contribution in [-0.2, 0) is 10.0 Å². The SMILES string of the molecule is CC1(NS(=O)(=O)c2ccc(Br)cc2Cl)CCNC1. The lowest BCUT2D eigenvalue weighted by Gasteiger charge is -2.24. The summed E-state index contributed by atoms with van der Waals surface area (Å²) in [6.45, 7) is 3.32. The third-order valence-corrected chi connectivity index (χ3v) is 5.55. The predicted molar refractivity (Wildman–Crippen MR) is 75.4 cm³/mol. The average Bonchev–Trinajstić information content (AvgIpc) is 2.62. The summed E-state index contributed by atoms with van der Waals surface area (Å²) in [5.41, 5.74) is -0.449. The Bertz CT molecular complexity index is 556. The van der Waals surface area contributed by atoms with Gasteiger partial charge >= 0.3 is 0 Å². The van der Waals surface area contributed by atoms with Gasteiger partial charge in [-0.3, -0.25) is 0 Å². The molecule has 0 aromatic heterocycles. The third kappa shape index (κ3) is 3.05. The van der Waals surface area contributed by atoms with E-state index in [0.29, 0.717) is 6.54 Å². The van der Waals surface area contributed by atoms with Crippen LogP contribution in [0.4, 0.5) is 0 Å². The average molecular weight is 354 g/mol. The van der Waals surface area contributed by atoms with E-state index in [4.69, 9.17) is 11.6 Å². The summed E-state index contributed by atoms with van der Waals surface area (Å²) in [4.78, 5) is 0.112. The molecule has 1 saturated heterocycles. The van der Waals surface area contributed by atoms with E-state index >= 15 is 0 Å². The Balaban J connectivity index is 2.30. The molecule has 1 aromatic rings. The highest BCUT2D eigenvalue weighted by atomic mass is 79.9. The number of hydrogen-bond donors (Lipinski definition) is 2.